The van der Waals surface area contributed by atoms with Gasteiger partial charge in [-0.05, 0) is 67.2 Å². The summed E-state index contributed by atoms with van der Waals surface area (Å²) in [5.74, 6) is 0.878. The highest BCUT2D eigenvalue weighted by molar-refractivity contribution is 5.58. The summed E-state index contributed by atoms with van der Waals surface area (Å²) in [5, 5.41) is 10.6. The Labute approximate surface area is 126 Å². The Morgan fingerprint density at radius 2 is 2.05 bits per heavy atom. The van der Waals surface area contributed by atoms with Gasteiger partial charge in [-0.1, -0.05) is 24.3 Å². The molecule has 0 amide bonds. The van der Waals surface area contributed by atoms with Gasteiger partial charge < -0.3 is 5.32 Å². The van der Waals surface area contributed by atoms with Gasteiger partial charge in [-0.15, -0.1) is 0 Å². The molecule has 1 aliphatic carbocycles. The molecule has 1 aromatic heterocycles. The lowest BCUT2D eigenvalue weighted by atomic mass is 9.84. The molecular formula is C18H23N3. The number of hydrogen-bond donors (Lipinski definition) is 2. The van der Waals surface area contributed by atoms with Crippen molar-refractivity contribution in [2.75, 3.05) is 13.1 Å². The van der Waals surface area contributed by atoms with Crippen molar-refractivity contribution in [1.82, 2.24) is 15.5 Å². The van der Waals surface area contributed by atoms with Crippen LogP contribution in [0.3, 0.4) is 0 Å². The fourth-order valence-electron chi connectivity index (χ4n) is 4.25. The second kappa shape index (κ2) is 5.30. The first-order valence-corrected chi connectivity index (χ1v) is 8.12. The largest absolute Gasteiger partial charge is 0.316 e. The Morgan fingerprint density at radius 3 is 2.76 bits per heavy atom. The summed E-state index contributed by atoms with van der Waals surface area (Å²) in [7, 11) is 0. The van der Waals surface area contributed by atoms with Gasteiger partial charge in [0.25, 0.3) is 0 Å². The zero-order chi connectivity index (χ0) is 14.1. The van der Waals surface area contributed by atoms with Crippen LogP contribution in [0.5, 0.6) is 0 Å². The maximum absolute atomic E-state index is 4.01. The Hall–Kier alpha value is -1.61. The van der Waals surface area contributed by atoms with Crippen molar-refractivity contribution in [2.24, 2.45) is 11.3 Å². The smallest absolute Gasteiger partial charge is 0.0650 e. The minimum absolute atomic E-state index is 0.639. The normalized spacial score (nSPS) is 28.5. The number of rotatable bonds is 3. The van der Waals surface area contributed by atoms with E-state index in [4.69, 9.17) is 0 Å². The molecule has 2 atom stereocenters. The predicted molar refractivity (Wildman–Crippen MR) is 85.0 cm³/mol. The van der Waals surface area contributed by atoms with Gasteiger partial charge in [-0.2, -0.15) is 5.10 Å². The van der Waals surface area contributed by atoms with E-state index in [1.807, 2.05) is 6.07 Å². The summed E-state index contributed by atoms with van der Waals surface area (Å²) < 4.78 is 0. The van der Waals surface area contributed by atoms with Crippen LogP contribution in [-0.4, -0.2) is 23.3 Å². The molecule has 1 saturated heterocycles. The molecule has 1 spiro atoms. The van der Waals surface area contributed by atoms with E-state index < -0.39 is 0 Å². The average molecular weight is 281 g/mol. The Kier molecular flexibility index (Phi) is 3.30. The van der Waals surface area contributed by atoms with E-state index in [2.05, 4.69) is 39.8 Å². The maximum Gasteiger partial charge on any atom is 0.0650 e. The van der Waals surface area contributed by atoms with E-state index in [1.54, 1.807) is 6.20 Å². The van der Waals surface area contributed by atoms with Crippen molar-refractivity contribution in [3.05, 3.63) is 42.1 Å². The molecule has 2 fully saturated rings. The first-order chi connectivity index (χ1) is 10.3. The summed E-state index contributed by atoms with van der Waals surface area (Å²) in [6.45, 7) is 2.48. The van der Waals surface area contributed by atoms with Crippen LogP contribution in [0.4, 0.5) is 0 Å². The summed E-state index contributed by atoms with van der Waals surface area (Å²) in [6.07, 6.45) is 8.69. The van der Waals surface area contributed by atoms with Crippen LogP contribution in [0.25, 0.3) is 11.3 Å². The van der Waals surface area contributed by atoms with Gasteiger partial charge in [-0.3, -0.25) is 5.10 Å². The number of hydrogen-bond acceptors (Lipinski definition) is 2. The molecule has 2 unspecified atom stereocenters. The molecule has 3 nitrogen and oxygen atoms in total. The van der Waals surface area contributed by atoms with Gasteiger partial charge in [0, 0.05) is 12.7 Å². The third kappa shape index (κ3) is 2.62. The molecule has 1 aliphatic heterocycles. The Morgan fingerprint density at radius 1 is 1.14 bits per heavy atom. The van der Waals surface area contributed by atoms with E-state index in [0.717, 1.165) is 11.6 Å². The maximum atomic E-state index is 4.01. The van der Waals surface area contributed by atoms with Gasteiger partial charge in [-0.25, -0.2) is 0 Å². The highest BCUT2D eigenvalue weighted by Gasteiger charge is 2.40. The number of H-pyrrole nitrogens is 1. The molecule has 21 heavy (non-hydrogen) atoms. The van der Waals surface area contributed by atoms with Crippen LogP contribution < -0.4 is 5.32 Å². The SMILES string of the molecule is c1cc(-c2ccc(CC3CCC4(CCNC4)C3)cc2)[nH]n1. The lowest BCUT2D eigenvalue weighted by molar-refractivity contribution is 0.319. The van der Waals surface area contributed by atoms with Crippen LogP contribution in [0.1, 0.15) is 31.2 Å². The molecule has 1 saturated carbocycles. The molecule has 2 heterocycles. The number of nitrogens with one attached hydrogen (secondary N) is 2. The van der Waals surface area contributed by atoms with Crippen LogP contribution >= 0.6 is 0 Å². The average Bonchev–Trinajstić information content (AvgIpc) is 3.25. The molecule has 0 radical (unpaired) electrons. The van der Waals surface area contributed by atoms with Crippen molar-refractivity contribution >= 4 is 0 Å². The number of nitrogens with zero attached hydrogens (tertiary/aromatic N) is 1. The van der Waals surface area contributed by atoms with Gasteiger partial charge >= 0.3 is 0 Å². The molecule has 2 aromatic rings. The number of aromatic nitrogens is 2. The summed E-state index contributed by atoms with van der Waals surface area (Å²) in [4.78, 5) is 0. The van der Waals surface area contributed by atoms with Crippen molar-refractivity contribution < 1.29 is 0 Å². The minimum Gasteiger partial charge on any atom is -0.316 e. The lowest BCUT2D eigenvalue weighted by Gasteiger charge is -2.21. The van der Waals surface area contributed by atoms with E-state index in [0.29, 0.717) is 5.41 Å². The zero-order valence-corrected chi connectivity index (χ0v) is 12.4. The lowest BCUT2D eigenvalue weighted by Crippen LogP contribution is -2.20. The van der Waals surface area contributed by atoms with Crippen molar-refractivity contribution in [2.45, 2.75) is 32.1 Å². The van der Waals surface area contributed by atoms with Crippen LogP contribution in [0.2, 0.25) is 0 Å². The third-order valence-corrected chi connectivity index (χ3v) is 5.43. The first-order valence-electron chi connectivity index (χ1n) is 8.12. The van der Waals surface area contributed by atoms with Crippen molar-refractivity contribution in [1.29, 1.82) is 0 Å². The second-order valence-electron chi connectivity index (χ2n) is 6.91. The Bertz CT molecular complexity index is 579. The molecule has 4 rings (SSSR count). The summed E-state index contributed by atoms with van der Waals surface area (Å²) in [6, 6.07) is 11.0. The van der Waals surface area contributed by atoms with Gasteiger partial charge in [0.15, 0.2) is 0 Å². The van der Waals surface area contributed by atoms with Gasteiger partial charge in [0.1, 0.15) is 0 Å². The van der Waals surface area contributed by atoms with Crippen LogP contribution in [-0.2, 0) is 6.42 Å². The van der Waals surface area contributed by atoms with E-state index in [-0.39, 0.29) is 0 Å². The standard InChI is InChI=1S/C18H23N3/c1-3-16(17-6-9-20-21-17)4-2-14(1)11-15-5-7-18(12-15)8-10-19-13-18/h1-4,6,9,15,19H,5,7-8,10-13H2,(H,20,21). The fourth-order valence-corrected chi connectivity index (χ4v) is 4.25. The molecule has 1 aromatic carbocycles. The minimum atomic E-state index is 0.639. The van der Waals surface area contributed by atoms with Crippen molar-refractivity contribution in [3.63, 3.8) is 0 Å². The highest BCUT2D eigenvalue weighted by atomic mass is 15.1. The zero-order valence-electron chi connectivity index (χ0n) is 12.4. The highest BCUT2D eigenvalue weighted by Crippen LogP contribution is 2.46. The topological polar surface area (TPSA) is 40.7 Å². The van der Waals surface area contributed by atoms with Gasteiger partial charge in [0.05, 0.1) is 5.69 Å². The summed E-state index contributed by atoms with van der Waals surface area (Å²) >= 11 is 0. The van der Waals surface area contributed by atoms with E-state index in [9.17, 15) is 0 Å². The third-order valence-electron chi connectivity index (χ3n) is 5.43. The molecule has 110 valence electrons. The van der Waals surface area contributed by atoms with Crippen molar-refractivity contribution in [3.8, 4) is 11.3 Å². The van der Waals surface area contributed by atoms with E-state index in [1.165, 1.54) is 56.3 Å². The molecule has 0 bridgehead atoms. The Balaban J connectivity index is 1.41. The number of aromatic amines is 1. The molecule has 2 aliphatic rings. The van der Waals surface area contributed by atoms with Gasteiger partial charge in [0.2, 0.25) is 0 Å². The quantitative estimate of drug-likeness (QED) is 0.905. The first kappa shape index (κ1) is 13.1. The van der Waals surface area contributed by atoms with Crippen LogP contribution in [0, 0.1) is 11.3 Å². The molecular weight excluding hydrogens is 258 g/mol. The van der Waals surface area contributed by atoms with Crippen LogP contribution in [0.15, 0.2) is 36.5 Å². The molecule has 2 N–H and O–H groups in total. The second-order valence-corrected chi connectivity index (χ2v) is 6.91. The predicted octanol–water partition coefficient (Wildman–Crippen LogP) is 3.40. The van der Waals surface area contributed by atoms with E-state index >= 15 is 0 Å². The monoisotopic (exact) mass is 281 g/mol. The fraction of sp³-hybridized carbons (Fsp3) is 0.500. The number of benzene rings is 1. The summed E-state index contributed by atoms with van der Waals surface area (Å²) in [5.41, 5.74) is 4.43. The molecule has 3 heteroatoms.